The second-order valence-electron chi connectivity index (χ2n) is 4.62. The van der Waals surface area contributed by atoms with Gasteiger partial charge in [0.1, 0.15) is 0 Å². The lowest BCUT2D eigenvalue weighted by Crippen LogP contribution is -2.32. The van der Waals surface area contributed by atoms with Gasteiger partial charge in [-0.1, -0.05) is 23.4 Å². The lowest BCUT2D eigenvalue weighted by molar-refractivity contribution is -0.137. The third-order valence-corrected chi connectivity index (χ3v) is 2.92. The molecule has 1 heterocycles. The van der Waals surface area contributed by atoms with Crippen LogP contribution in [0, 0.1) is 6.92 Å². The highest BCUT2D eigenvalue weighted by Gasteiger charge is 2.21. The Labute approximate surface area is 122 Å². The van der Waals surface area contributed by atoms with Crippen LogP contribution in [-0.4, -0.2) is 28.7 Å². The second-order valence-corrected chi connectivity index (χ2v) is 4.62. The van der Waals surface area contributed by atoms with Crippen molar-refractivity contribution in [3.63, 3.8) is 0 Å². The molecule has 0 saturated carbocycles. The molecular weight excluding hydrogens is 272 g/mol. The fourth-order valence-electron chi connectivity index (χ4n) is 1.94. The minimum Gasteiger partial charge on any atom is -0.481 e. The predicted molar refractivity (Wildman–Crippen MR) is 76.2 cm³/mol. The van der Waals surface area contributed by atoms with Crippen LogP contribution in [0.5, 0.6) is 0 Å². The summed E-state index contributed by atoms with van der Waals surface area (Å²) in [5.74, 6) is -1.06. The minimum absolute atomic E-state index is 0.00600. The van der Waals surface area contributed by atoms with Gasteiger partial charge in [0.05, 0.1) is 5.69 Å². The molecule has 0 aliphatic rings. The molecule has 0 atom stereocenters. The van der Waals surface area contributed by atoms with E-state index in [1.165, 1.54) is 4.90 Å². The van der Waals surface area contributed by atoms with Gasteiger partial charge in [-0.2, -0.15) is 0 Å². The van der Waals surface area contributed by atoms with E-state index >= 15 is 0 Å². The number of anilines is 1. The quantitative estimate of drug-likeness (QED) is 0.882. The van der Waals surface area contributed by atoms with Crippen molar-refractivity contribution in [2.45, 2.75) is 19.8 Å². The van der Waals surface area contributed by atoms with Gasteiger partial charge in [-0.25, -0.2) is 0 Å². The van der Waals surface area contributed by atoms with E-state index in [4.69, 9.17) is 9.63 Å². The Morgan fingerprint density at radius 3 is 2.57 bits per heavy atom. The molecule has 21 heavy (non-hydrogen) atoms. The summed E-state index contributed by atoms with van der Waals surface area (Å²) in [6.45, 7) is 2.03. The first-order chi connectivity index (χ1) is 10.1. The average molecular weight is 288 g/mol. The van der Waals surface area contributed by atoms with Crippen molar-refractivity contribution in [2.24, 2.45) is 0 Å². The zero-order chi connectivity index (χ0) is 15.2. The fraction of sp³-hybridized carbons (Fsp3) is 0.267. The van der Waals surface area contributed by atoms with Crippen LogP contribution in [0.2, 0.25) is 0 Å². The number of aromatic nitrogens is 1. The molecule has 6 nitrogen and oxygen atoms in total. The zero-order valence-corrected chi connectivity index (χ0v) is 11.7. The van der Waals surface area contributed by atoms with Crippen LogP contribution in [0.4, 0.5) is 5.69 Å². The van der Waals surface area contributed by atoms with E-state index in [0.717, 1.165) is 0 Å². The molecule has 1 aromatic heterocycles. The molecule has 1 amide bonds. The number of carboxylic acids is 1. The summed E-state index contributed by atoms with van der Waals surface area (Å²) in [5.41, 5.74) is 1.32. The Balaban J connectivity index is 2.19. The van der Waals surface area contributed by atoms with E-state index in [1.54, 1.807) is 25.1 Å². The molecule has 0 aliphatic carbocycles. The Bertz CT molecular complexity index is 622. The number of aryl methyl sites for hydroxylation is 1. The molecule has 2 rings (SSSR count). The maximum atomic E-state index is 12.5. The summed E-state index contributed by atoms with van der Waals surface area (Å²) in [6, 6.07) is 10.6. The van der Waals surface area contributed by atoms with E-state index in [9.17, 15) is 9.59 Å². The van der Waals surface area contributed by atoms with Crippen LogP contribution < -0.4 is 4.90 Å². The lowest BCUT2D eigenvalue weighted by atomic mass is 10.2. The summed E-state index contributed by atoms with van der Waals surface area (Å²) in [4.78, 5) is 24.6. The smallest absolute Gasteiger partial charge is 0.303 e. The first-order valence-corrected chi connectivity index (χ1v) is 6.60. The number of hydrogen-bond donors (Lipinski definition) is 1. The molecular formula is C15H16N2O4. The van der Waals surface area contributed by atoms with Crippen molar-refractivity contribution < 1.29 is 19.2 Å². The third-order valence-electron chi connectivity index (χ3n) is 2.92. The van der Waals surface area contributed by atoms with Crippen molar-refractivity contribution in [1.82, 2.24) is 5.16 Å². The number of hydrogen-bond acceptors (Lipinski definition) is 4. The van der Waals surface area contributed by atoms with Gasteiger partial charge in [-0.15, -0.1) is 0 Å². The normalized spacial score (nSPS) is 10.3. The standard InChI is InChI=1S/C15H16N2O4/c1-11-10-13(21-16-11)15(20)17(9-5-8-14(18)19)12-6-3-2-4-7-12/h2-4,6-7,10H,5,8-9H2,1H3,(H,18,19). The highest BCUT2D eigenvalue weighted by molar-refractivity contribution is 6.04. The maximum Gasteiger partial charge on any atom is 0.303 e. The predicted octanol–water partition coefficient (Wildman–Crippen LogP) is 2.49. The number of rotatable bonds is 6. The van der Waals surface area contributed by atoms with Crippen LogP contribution >= 0.6 is 0 Å². The summed E-state index contributed by atoms with van der Waals surface area (Å²) >= 11 is 0. The van der Waals surface area contributed by atoms with E-state index in [2.05, 4.69) is 5.16 Å². The molecule has 0 unspecified atom stereocenters. The number of carboxylic acid groups (broad SMARTS) is 1. The maximum absolute atomic E-state index is 12.5. The fourth-order valence-corrected chi connectivity index (χ4v) is 1.94. The van der Waals surface area contributed by atoms with Crippen LogP contribution in [0.3, 0.4) is 0 Å². The molecule has 110 valence electrons. The van der Waals surface area contributed by atoms with E-state index in [0.29, 0.717) is 24.3 Å². The number of aliphatic carboxylic acids is 1. The van der Waals surface area contributed by atoms with Crippen molar-refractivity contribution in [3.05, 3.63) is 47.9 Å². The van der Waals surface area contributed by atoms with Crippen molar-refractivity contribution in [1.29, 1.82) is 0 Å². The molecule has 0 spiro atoms. The molecule has 0 saturated heterocycles. The van der Waals surface area contributed by atoms with E-state index in [-0.39, 0.29) is 18.1 Å². The van der Waals surface area contributed by atoms with Gasteiger partial charge >= 0.3 is 5.97 Å². The summed E-state index contributed by atoms with van der Waals surface area (Å²) in [5, 5.41) is 12.4. The summed E-state index contributed by atoms with van der Waals surface area (Å²) in [6.07, 6.45) is 0.370. The first-order valence-electron chi connectivity index (χ1n) is 6.60. The molecule has 0 bridgehead atoms. The largest absolute Gasteiger partial charge is 0.481 e. The highest BCUT2D eigenvalue weighted by Crippen LogP contribution is 2.18. The Morgan fingerprint density at radius 1 is 1.29 bits per heavy atom. The number of nitrogens with zero attached hydrogens (tertiary/aromatic N) is 2. The van der Waals surface area contributed by atoms with Crippen LogP contribution in [-0.2, 0) is 4.79 Å². The monoisotopic (exact) mass is 288 g/mol. The minimum atomic E-state index is -0.883. The SMILES string of the molecule is Cc1cc(C(=O)N(CCCC(=O)O)c2ccccc2)on1. The van der Waals surface area contributed by atoms with Crippen molar-refractivity contribution in [3.8, 4) is 0 Å². The van der Waals surface area contributed by atoms with Crippen LogP contribution in [0.1, 0.15) is 29.1 Å². The van der Waals surface area contributed by atoms with Crippen LogP contribution in [0.25, 0.3) is 0 Å². The topological polar surface area (TPSA) is 83.6 Å². The van der Waals surface area contributed by atoms with Gasteiger partial charge in [0, 0.05) is 24.7 Å². The highest BCUT2D eigenvalue weighted by atomic mass is 16.5. The Kier molecular flexibility index (Phi) is 4.71. The number of carbonyl (C=O) groups excluding carboxylic acids is 1. The van der Waals surface area contributed by atoms with Crippen molar-refractivity contribution in [2.75, 3.05) is 11.4 Å². The van der Waals surface area contributed by atoms with Gasteiger partial charge in [0.2, 0.25) is 5.76 Å². The molecule has 0 aliphatic heterocycles. The Morgan fingerprint density at radius 2 is 2.00 bits per heavy atom. The van der Waals surface area contributed by atoms with Gasteiger partial charge in [-0.3, -0.25) is 9.59 Å². The molecule has 0 fully saturated rings. The van der Waals surface area contributed by atoms with E-state index in [1.807, 2.05) is 18.2 Å². The molecule has 1 aromatic carbocycles. The third kappa shape index (κ3) is 3.92. The lowest BCUT2D eigenvalue weighted by Gasteiger charge is -2.21. The zero-order valence-electron chi connectivity index (χ0n) is 11.7. The number of amides is 1. The summed E-state index contributed by atoms with van der Waals surface area (Å²) < 4.78 is 5.00. The average Bonchev–Trinajstić information content (AvgIpc) is 2.90. The molecule has 2 aromatic rings. The Hall–Kier alpha value is -2.63. The van der Waals surface area contributed by atoms with Gasteiger partial charge in [0.15, 0.2) is 0 Å². The van der Waals surface area contributed by atoms with Crippen LogP contribution in [0.15, 0.2) is 40.9 Å². The summed E-state index contributed by atoms with van der Waals surface area (Å²) in [7, 11) is 0. The van der Waals surface area contributed by atoms with Crippen molar-refractivity contribution >= 4 is 17.6 Å². The second kappa shape index (κ2) is 6.69. The number of carbonyl (C=O) groups is 2. The molecule has 0 radical (unpaired) electrons. The first kappa shape index (κ1) is 14.8. The molecule has 6 heteroatoms. The van der Waals surface area contributed by atoms with Gasteiger partial charge < -0.3 is 14.5 Å². The number of benzene rings is 1. The molecule has 1 N–H and O–H groups in total. The number of para-hydroxylation sites is 1. The van der Waals surface area contributed by atoms with E-state index < -0.39 is 5.97 Å². The van der Waals surface area contributed by atoms with Gasteiger partial charge in [0.25, 0.3) is 5.91 Å². The van der Waals surface area contributed by atoms with Gasteiger partial charge in [-0.05, 0) is 25.5 Å².